The maximum absolute atomic E-state index is 12.6. The van der Waals surface area contributed by atoms with Gasteiger partial charge in [0, 0.05) is 20.0 Å². The van der Waals surface area contributed by atoms with Gasteiger partial charge in [-0.3, -0.25) is 4.79 Å². The van der Waals surface area contributed by atoms with Crippen LogP contribution in [0.5, 0.6) is 0 Å². The van der Waals surface area contributed by atoms with E-state index in [1.807, 2.05) is 11.9 Å². The quantitative estimate of drug-likeness (QED) is 0.864. The smallest absolute Gasteiger partial charge is 0.222 e. The normalized spacial score (nSPS) is 18.4. The highest BCUT2D eigenvalue weighted by molar-refractivity contribution is 5.86. The minimum absolute atomic E-state index is 0. The Bertz CT molecular complexity index is 692. The van der Waals surface area contributed by atoms with Crippen molar-refractivity contribution >= 4 is 29.1 Å². The lowest BCUT2D eigenvalue weighted by Gasteiger charge is -2.29. The van der Waals surface area contributed by atoms with Gasteiger partial charge in [-0.25, -0.2) is 0 Å². The fourth-order valence-electron chi connectivity index (χ4n) is 3.74. The summed E-state index contributed by atoms with van der Waals surface area (Å²) in [6.07, 6.45) is 3.12. The number of halogens is 1. The molecule has 2 aromatic rings. The van der Waals surface area contributed by atoms with Gasteiger partial charge in [0.05, 0.1) is 0 Å². The molecular formula is C21H29ClN2O. The van der Waals surface area contributed by atoms with Gasteiger partial charge in [-0.15, -0.1) is 12.4 Å². The summed E-state index contributed by atoms with van der Waals surface area (Å²) in [6, 6.07) is 14.7. The van der Waals surface area contributed by atoms with Gasteiger partial charge in [0.15, 0.2) is 0 Å². The molecule has 3 rings (SSSR count). The maximum atomic E-state index is 12.6. The van der Waals surface area contributed by atoms with Crippen LogP contribution in [0.1, 0.15) is 31.7 Å². The predicted octanol–water partition coefficient (Wildman–Crippen LogP) is 4.25. The molecule has 0 bridgehead atoms. The molecule has 1 N–H and O–H groups in total. The Hall–Kier alpha value is -1.58. The number of benzene rings is 2. The number of carbonyl (C=O) groups is 1. The molecule has 1 aliphatic rings. The monoisotopic (exact) mass is 360 g/mol. The van der Waals surface area contributed by atoms with E-state index >= 15 is 0 Å². The van der Waals surface area contributed by atoms with Crippen LogP contribution in [0.3, 0.4) is 0 Å². The highest BCUT2D eigenvalue weighted by Crippen LogP contribution is 2.24. The summed E-state index contributed by atoms with van der Waals surface area (Å²) < 4.78 is 0. The molecule has 1 aliphatic heterocycles. The molecule has 136 valence electrons. The average Bonchev–Trinajstić information content (AvgIpc) is 2.62. The number of fused-ring (bicyclic) bond motifs is 1. The molecule has 25 heavy (non-hydrogen) atoms. The SMILES string of the molecule is CC(CC(=O)N(C)Cc1cccc2ccccc12)C1CCCNC1.Cl. The summed E-state index contributed by atoms with van der Waals surface area (Å²) in [4.78, 5) is 14.5. The lowest BCUT2D eigenvalue weighted by Crippen LogP contribution is -2.36. The Kier molecular flexibility index (Phi) is 7.27. The number of amides is 1. The van der Waals surface area contributed by atoms with Crippen LogP contribution in [-0.2, 0) is 11.3 Å². The molecule has 3 nitrogen and oxygen atoms in total. The van der Waals surface area contributed by atoms with Crippen molar-refractivity contribution in [2.24, 2.45) is 11.8 Å². The van der Waals surface area contributed by atoms with Crippen LogP contribution < -0.4 is 5.32 Å². The summed E-state index contributed by atoms with van der Waals surface area (Å²) in [5.41, 5.74) is 1.22. The van der Waals surface area contributed by atoms with Crippen molar-refractivity contribution in [1.29, 1.82) is 0 Å². The fourth-order valence-corrected chi connectivity index (χ4v) is 3.74. The second-order valence-corrected chi connectivity index (χ2v) is 7.18. The first kappa shape index (κ1) is 19.7. The average molecular weight is 361 g/mol. The van der Waals surface area contributed by atoms with E-state index in [0.717, 1.165) is 13.1 Å². The molecule has 0 spiro atoms. The van der Waals surface area contributed by atoms with Crippen molar-refractivity contribution in [3.63, 3.8) is 0 Å². The molecule has 2 unspecified atom stereocenters. The zero-order valence-electron chi connectivity index (χ0n) is 15.2. The number of nitrogens with zero attached hydrogens (tertiary/aromatic N) is 1. The van der Waals surface area contributed by atoms with Gasteiger partial charge < -0.3 is 10.2 Å². The van der Waals surface area contributed by atoms with E-state index in [4.69, 9.17) is 0 Å². The van der Waals surface area contributed by atoms with Crippen molar-refractivity contribution in [3.05, 3.63) is 48.0 Å². The number of rotatable bonds is 5. The number of hydrogen-bond acceptors (Lipinski definition) is 2. The summed E-state index contributed by atoms with van der Waals surface area (Å²) >= 11 is 0. The van der Waals surface area contributed by atoms with Crippen molar-refractivity contribution in [1.82, 2.24) is 10.2 Å². The summed E-state index contributed by atoms with van der Waals surface area (Å²) in [5, 5.41) is 5.93. The van der Waals surface area contributed by atoms with Crippen LogP contribution in [0.4, 0.5) is 0 Å². The summed E-state index contributed by atoms with van der Waals surface area (Å²) in [6.45, 7) is 5.08. The van der Waals surface area contributed by atoms with Crippen LogP contribution in [0.25, 0.3) is 10.8 Å². The van der Waals surface area contributed by atoms with Crippen LogP contribution in [0.15, 0.2) is 42.5 Å². The minimum Gasteiger partial charge on any atom is -0.341 e. The highest BCUT2D eigenvalue weighted by Gasteiger charge is 2.23. The molecule has 1 heterocycles. The lowest BCUT2D eigenvalue weighted by molar-refractivity contribution is -0.131. The molecule has 1 saturated heterocycles. The fraction of sp³-hybridized carbons (Fsp3) is 0.476. The number of piperidine rings is 1. The molecule has 0 aliphatic carbocycles. The van der Waals surface area contributed by atoms with E-state index in [9.17, 15) is 4.79 Å². The van der Waals surface area contributed by atoms with E-state index < -0.39 is 0 Å². The van der Waals surface area contributed by atoms with E-state index in [-0.39, 0.29) is 18.3 Å². The molecule has 0 aromatic heterocycles. The predicted molar refractivity (Wildman–Crippen MR) is 107 cm³/mol. The second-order valence-electron chi connectivity index (χ2n) is 7.18. The van der Waals surface area contributed by atoms with Gasteiger partial charge in [-0.1, -0.05) is 49.4 Å². The molecule has 1 fully saturated rings. The van der Waals surface area contributed by atoms with Crippen LogP contribution in [-0.4, -0.2) is 30.9 Å². The van der Waals surface area contributed by atoms with Crippen LogP contribution >= 0.6 is 12.4 Å². The van der Waals surface area contributed by atoms with Crippen molar-refractivity contribution < 1.29 is 4.79 Å². The van der Waals surface area contributed by atoms with E-state index in [1.165, 1.54) is 29.2 Å². The van der Waals surface area contributed by atoms with Gasteiger partial charge in [0.1, 0.15) is 0 Å². The minimum atomic E-state index is 0. The van der Waals surface area contributed by atoms with Gasteiger partial charge in [0.25, 0.3) is 0 Å². The standard InChI is InChI=1S/C21H28N2O.ClH/c1-16(18-10-6-12-22-14-18)13-21(24)23(2)15-19-9-5-8-17-7-3-4-11-20(17)19;/h3-5,7-9,11,16,18,22H,6,10,12-15H2,1-2H3;1H. The Morgan fingerprint density at radius 2 is 2.00 bits per heavy atom. The summed E-state index contributed by atoms with van der Waals surface area (Å²) in [7, 11) is 1.93. The zero-order chi connectivity index (χ0) is 16.9. The van der Waals surface area contributed by atoms with Gasteiger partial charge >= 0.3 is 0 Å². The third-order valence-electron chi connectivity index (χ3n) is 5.35. The largest absolute Gasteiger partial charge is 0.341 e. The van der Waals surface area contributed by atoms with E-state index in [2.05, 4.69) is 54.7 Å². The third-order valence-corrected chi connectivity index (χ3v) is 5.35. The Balaban J connectivity index is 0.00000225. The van der Waals surface area contributed by atoms with Crippen molar-refractivity contribution in [2.45, 2.75) is 32.7 Å². The molecule has 1 amide bonds. The molecule has 4 heteroatoms. The molecule has 2 aromatic carbocycles. The Labute approximate surface area is 157 Å². The maximum Gasteiger partial charge on any atom is 0.222 e. The third kappa shape index (κ3) is 4.96. The topological polar surface area (TPSA) is 32.3 Å². The van der Waals surface area contributed by atoms with E-state index in [0.29, 0.717) is 24.8 Å². The lowest BCUT2D eigenvalue weighted by atomic mass is 9.85. The van der Waals surface area contributed by atoms with Crippen molar-refractivity contribution in [2.75, 3.05) is 20.1 Å². The number of hydrogen-bond donors (Lipinski definition) is 1. The zero-order valence-corrected chi connectivity index (χ0v) is 16.0. The second kappa shape index (κ2) is 9.21. The van der Waals surface area contributed by atoms with Gasteiger partial charge in [-0.2, -0.15) is 0 Å². The van der Waals surface area contributed by atoms with Crippen LogP contribution in [0.2, 0.25) is 0 Å². The molecular weight excluding hydrogens is 332 g/mol. The summed E-state index contributed by atoms with van der Waals surface area (Å²) in [5.74, 6) is 1.33. The first-order chi connectivity index (χ1) is 11.6. The van der Waals surface area contributed by atoms with E-state index in [1.54, 1.807) is 0 Å². The van der Waals surface area contributed by atoms with Crippen LogP contribution in [0, 0.1) is 11.8 Å². The molecule has 0 radical (unpaired) electrons. The van der Waals surface area contributed by atoms with Gasteiger partial charge in [-0.05, 0) is 54.1 Å². The number of carbonyl (C=O) groups excluding carboxylic acids is 1. The molecule has 0 saturated carbocycles. The molecule has 2 atom stereocenters. The Morgan fingerprint density at radius 1 is 1.24 bits per heavy atom. The van der Waals surface area contributed by atoms with Crippen molar-refractivity contribution in [3.8, 4) is 0 Å². The Morgan fingerprint density at radius 3 is 2.76 bits per heavy atom. The van der Waals surface area contributed by atoms with Gasteiger partial charge in [0.2, 0.25) is 5.91 Å². The first-order valence-electron chi connectivity index (χ1n) is 9.06. The number of nitrogens with one attached hydrogen (secondary N) is 1. The first-order valence-corrected chi connectivity index (χ1v) is 9.06. The highest BCUT2D eigenvalue weighted by atomic mass is 35.5.